The maximum absolute atomic E-state index is 10.7. The molecule has 0 amide bonds. The maximum Gasteiger partial charge on any atom is 0.306 e. The Bertz CT molecular complexity index is 222. The third-order valence-electron chi connectivity index (χ3n) is 2.36. The van der Waals surface area contributed by atoms with Crippen molar-refractivity contribution >= 4 is 5.97 Å². The predicted molar refractivity (Wildman–Crippen MR) is 42.1 cm³/mol. The first-order valence-electron chi connectivity index (χ1n) is 4.02. The second kappa shape index (κ2) is 3.44. The molecule has 0 saturated carbocycles. The smallest absolute Gasteiger partial charge is 0.306 e. The Morgan fingerprint density at radius 2 is 2.42 bits per heavy atom. The lowest BCUT2D eigenvalue weighted by molar-refractivity contribution is -0.145. The number of carbonyl (C=O) groups is 1. The Morgan fingerprint density at radius 3 is 2.83 bits per heavy atom. The molecular weight excluding hydrogens is 156 g/mol. The Hall–Kier alpha value is -1.24. The van der Waals surface area contributed by atoms with Gasteiger partial charge in [-0.2, -0.15) is 5.26 Å². The Morgan fingerprint density at radius 1 is 1.75 bits per heavy atom. The maximum atomic E-state index is 10.7. The number of likely N-dealkylation sites (tertiary alicyclic amines) is 1. The van der Waals surface area contributed by atoms with Crippen LogP contribution in [0.25, 0.3) is 0 Å². The lowest BCUT2D eigenvalue weighted by atomic mass is 9.87. The van der Waals surface area contributed by atoms with Crippen LogP contribution in [0.3, 0.4) is 0 Å². The molecule has 0 spiro atoms. The van der Waals surface area contributed by atoms with Crippen LogP contribution in [0.1, 0.15) is 13.3 Å². The van der Waals surface area contributed by atoms with Crippen molar-refractivity contribution < 1.29 is 9.90 Å². The molecule has 4 heteroatoms. The minimum atomic E-state index is -0.736. The first-order valence-corrected chi connectivity index (χ1v) is 4.02. The van der Waals surface area contributed by atoms with E-state index in [9.17, 15) is 4.79 Å². The Kier molecular flexibility index (Phi) is 2.54. The van der Waals surface area contributed by atoms with Crippen molar-refractivity contribution in [3.05, 3.63) is 0 Å². The summed E-state index contributed by atoms with van der Waals surface area (Å²) in [6.07, 6.45) is 2.62. The summed E-state index contributed by atoms with van der Waals surface area (Å²) < 4.78 is 0. The molecule has 0 aromatic carbocycles. The average molecular weight is 168 g/mol. The molecule has 0 aromatic heterocycles. The molecule has 1 aliphatic heterocycles. The third kappa shape index (κ3) is 1.67. The molecule has 1 saturated heterocycles. The van der Waals surface area contributed by atoms with E-state index in [0.717, 1.165) is 0 Å². The van der Waals surface area contributed by atoms with Gasteiger partial charge in [-0.15, -0.1) is 0 Å². The molecule has 1 rings (SSSR count). The molecule has 0 bridgehead atoms. The average Bonchev–Trinajstić information content (AvgIpc) is 2.03. The van der Waals surface area contributed by atoms with Gasteiger partial charge in [-0.3, -0.25) is 4.79 Å². The van der Waals surface area contributed by atoms with Gasteiger partial charge < -0.3 is 10.0 Å². The first-order chi connectivity index (χ1) is 5.65. The van der Waals surface area contributed by atoms with Crippen molar-refractivity contribution in [1.29, 1.82) is 5.26 Å². The first kappa shape index (κ1) is 8.85. The van der Waals surface area contributed by atoms with E-state index in [1.807, 2.05) is 13.1 Å². The molecule has 1 heterocycles. The minimum Gasteiger partial charge on any atom is -0.481 e. The molecule has 12 heavy (non-hydrogen) atoms. The fourth-order valence-corrected chi connectivity index (χ4v) is 1.60. The van der Waals surface area contributed by atoms with Crippen LogP contribution in [0.4, 0.5) is 0 Å². The number of nitriles is 1. The van der Waals surface area contributed by atoms with Gasteiger partial charge in [-0.25, -0.2) is 0 Å². The van der Waals surface area contributed by atoms with E-state index < -0.39 is 5.97 Å². The van der Waals surface area contributed by atoms with Crippen LogP contribution in [-0.2, 0) is 4.79 Å². The standard InChI is InChI=1S/C8H12N2O2/c1-6-4-10(5-9)3-2-7(6)8(11)12/h6-7H,2-4H2,1H3,(H,11,12). The molecule has 4 nitrogen and oxygen atoms in total. The number of nitrogens with zero attached hydrogens (tertiary/aromatic N) is 2. The molecule has 66 valence electrons. The molecule has 0 radical (unpaired) electrons. The zero-order chi connectivity index (χ0) is 9.14. The van der Waals surface area contributed by atoms with Gasteiger partial charge >= 0.3 is 5.97 Å². The Balaban J connectivity index is 2.55. The second-order valence-corrected chi connectivity index (χ2v) is 3.26. The van der Waals surface area contributed by atoms with Crippen molar-refractivity contribution in [2.45, 2.75) is 13.3 Å². The number of piperidine rings is 1. The molecule has 1 fully saturated rings. The highest BCUT2D eigenvalue weighted by Crippen LogP contribution is 2.22. The van der Waals surface area contributed by atoms with Crippen molar-refractivity contribution in [3.8, 4) is 6.19 Å². The summed E-state index contributed by atoms with van der Waals surface area (Å²) in [5.41, 5.74) is 0. The van der Waals surface area contributed by atoms with Gasteiger partial charge in [-0.1, -0.05) is 6.92 Å². The minimum absolute atomic E-state index is 0.0795. The number of rotatable bonds is 1. The fraction of sp³-hybridized carbons (Fsp3) is 0.750. The van der Waals surface area contributed by atoms with E-state index in [1.54, 1.807) is 4.90 Å². The van der Waals surface area contributed by atoms with Crippen LogP contribution in [0.5, 0.6) is 0 Å². The van der Waals surface area contributed by atoms with Crippen molar-refractivity contribution in [2.24, 2.45) is 11.8 Å². The molecule has 1 aliphatic rings. The van der Waals surface area contributed by atoms with Gasteiger partial charge in [0.15, 0.2) is 6.19 Å². The Labute approximate surface area is 71.4 Å². The van der Waals surface area contributed by atoms with Crippen LogP contribution in [0, 0.1) is 23.3 Å². The van der Waals surface area contributed by atoms with Gasteiger partial charge in [0, 0.05) is 13.1 Å². The highest BCUT2D eigenvalue weighted by molar-refractivity contribution is 5.70. The van der Waals surface area contributed by atoms with Crippen LogP contribution >= 0.6 is 0 Å². The number of carboxylic acid groups (broad SMARTS) is 1. The number of hydrogen-bond acceptors (Lipinski definition) is 3. The molecule has 2 atom stereocenters. The monoisotopic (exact) mass is 168 g/mol. The SMILES string of the molecule is CC1CN(C#N)CCC1C(=O)O. The van der Waals surface area contributed by atoms with Gasteiger partial charge in [0.05, 0.1) is 5.92 Å². The molecule has 2 unspecified atom stereocenters. The lowest BCUT2D eigenvalue weighted by Crippen LogP contribution is -2.39. The lowest BCUT2D eigenvalue weighted by Gasteiger charge is -2.31. The van der Waals surface area contributed by atoms with Gasteiger partial charge in [0.2, 0.25) is 0 Å². The van der Waals surface area contributed by atoms with Crippen LogP contribution in [0.2, 0.25) is 0 Å². The summed E-state index contributed by atoms with van der Waals surface area (Å²) in [7, 11) is 0. The van der Waals surface area contributed by atoms with E-state index in [-0.39, 0.29) is 11.8 Å². The van der Waals surface area contributed by atoms with E-state index in [4.69, 9.17) is 10.4 Å². The van der Waals surface area contributed by atoms with Gasteiger partial charge in [0.25, 0.3) is 0 Å². The van der Waals surface area contributed by atoms with E-state index >= 15 is 0 Å². The number of hydrogen-bond donors (Lipinski definition) is 1. The van der Waals surface area contributed by atoms with E-state index in [1.165, 1.54) is 0 Å². The topological polar surface area (TPSA) is 64.3 Å². The van der Waals surface area contributed by atoms with Crippen LogP contribution < -0.4 is 0 Å². The van der Waals surface area contributed by atoms with Crippen LogP contribution in [0.15, 0.2) is 0 Å². The quantitative estimate of drug-likeness (QED) is 0.579. The zero-order valence-electron chi connectivity index (χ0n) is 7.03. The van der Waals surface area contributed by atoms with Crippen molar-refractivity contribution in [1.82, 2.24) is 4.90 Å². The largest absolute Gasteiger partial charge is 0.481 e. The summed E-state index contributed by atoms with van der Waals surface area (Å²) in [5, 5.41) is 17.3. The summed E-state index contributed by atoms with van der Waals surface area (Å²) >= 11 is 0. The van der Waals surface area contributed by atoms with E-state index in [0.29, 0.717) is 19.5 Å². The van der Waals surface area contributed by atoms with Gasteiger partial charge in [0.1, 0.15) is 0 Å². The zero-order valence-corrected chi connectivity index (χ0v) is 7.03. The third-order valence-corrected chi connectivity index (χ3v) is 2.36. The molecule has 0 aliphatic carbocycles. The van der Waals surface area contributed by atoms with Crippen molar-refractivity contribution in [3.63, 3.8) is 0 Å². The highest BCUT2D eigenvalue weighted by Gasteiger charge is 2.30. The fourth-order valence-electron chi connectivity index (χ4n) is 1.60. The molecule has 1 N–H and O–H groups in total. The normalized spacial score (nSPS) is 29.5. The summed E-state index contributed by atoms with van der Waals surface area (Å²) in [6.45, 7) is 3.04. The summed E-state index contributed by atoms with van der Waals surface area (Å²) in [5.74, 6) is -0.925. The number of carboxylic acids is 1. The second-order valence-electron chi connectivity index (χ2n) is 3.26. The van der Waals surface area contributed by atoms with Crippen LogP contribution in [-0.4, -0.2) is 29.1 Å². The molecule has 0 aromatic rings. The summed E-state index contributed by atoms with van der Waals surface area (Å²) in [6, 6.07) is 0. The molecular formula is C8H12N2O2. The van der Waals surface area contributed by atoms with Crippen molar-refractivity contribution in [2.75, 3.05) is 13.1 Å². The van der Waals surface area contributed by atoms with E-state index in [2.05, 4.69) is 0 Å². The summed E-state index contributed by atoms with van der Waals surface area (Å²) in [4.78, 5) is 12.3. The highest BCUT2D eigenvalue weighted by atomic mass is 16.4. The predicted octanol–water partition coefficient (Wildman–Crippen LogP) is 0.510. The number of aliphatic carboxylic acids is 1. The van der Waals surface area contributed by atoms with Gasteiger partial charge in [-0.05, 0) is 12.3 Å².